The topological polar surface area (TPSA) is 108 Å². The molecule has 12 heteroatoms. The summed E-state index contributed by atoms with van der Waals surface area (Å²) in [7, 11) is 5.50. The van der Waals surface area contributed by atoms with Crippen molar-refractivity contribution >= 4 is 34.6 Å². The number of aromatic nitrogens is 2. The minimum Gasteiger partial charge on any atom is -0.497 e. The second-order valence-corrected chi connectivity index (χ2v) is 11.9. The zero-order valence-electron chi connectivity index (χ0n) is 26.9. The molecular formula is C34H44N8O4. The monoisotopic (exact) mass is 628 g/mol. The van der Waals surface area contributed by atoms with Gasteiger partial charge in [-0.15, -0.1) is 0 Å². The molecule has 244 valence electrons. The van der Waals surface area contributed by atoms with Gasteiger partial charge in [-0.1, -0.05) is 18.7 Å². The fourth-order valence-corrected chi connectivity index (χ4v) is 6.56. The lowest BCUT2D eigenvalue weighted by Crippen LogP contribution is -2.52. The van der Waals surface area contributed by atoms with E-state index in [0.29, 0.717) is 41.4 Å². The SMILES string of the molecule is C=CC(=O)Nc1cc(Nc2cc(N3OCCC3c3cccc(OC)c3)ncn2)c(OC)cc1N1CCC(N2CCN(C)CC2)CC1. The molecule has 3 fully saturated rings. The average Bonchev–Trinajstić information content (AvgIpc) is 3.59. The van der Waals surface area contributed by atoms with E-state index < -0.39 is 0 Å². The summed E-state index contributed by atoms with van der Waals surface area (Å²) in [4.78, 5) is 34.9. The Balaban J connectivity index is 1.22. The first kappa shape index (κ1) is 31.6. The Hall–Kier alpha value is -4.39. The Bertz CT molecular complexity index is 1520. The number of carbonyl (C=O) groups excluding carboxylic acids is 1. The minimum absolute atomic E-state index is 0.0206. The number of nitrogens with one attached hydrogen (secondary N) is 2. The number of amides is 1. The van der Waals surface area contributed by atoms with Gasteiger partial charge in [0.1, 0.15) is 23.6 Å². The summed E-state index contributed by atoms with van der Waals surface area (Å²) in [6.07, 6.45) is 5.74. The summed E-state index contributed by atoms with van der Waals surface area (Å²) in [5.74, 6) is 2.35. The molecule has 0 radical (unpaired) electrons. The molecule has 3 aliphatic rings. The molecule has 6 rings (SSSR count). The fourth-order valence-electron chi connectivity index (χ4n) is 6.56. The zero-order valence-corrected chi connectivity index (χ0v) is 26.9. The van der Waals surface area contributed by atoms with Gasteiger partial charge in [-0.2, -0.15) is 0 Å². The van der Waals surface area contributed by atoms with Gasteiger partial charge in [-0.3, -0.25) is 14.5 Å². The Morgan fingerprint density at radius 1 is 0.978 bits per heavy atom. The number of hydrogen-bond donors (Lipinski definition) is 2. The highest BCUT2D eigenvalue weighted by Gasteiger charge is 2.31. The van der Waals surface area contributed by atoms with Gasteiger partial charge >= 0.3 is 0 Å². The molecular weight excluding hydrogens is 584 g/mol. The van der Waals surface area contributed by atoms with Gasteiger partial charge in [0.15, 0.2) is 5.82 Å². The van der Waals surface area contributed by atoms with Crippen LogP contribution in [0.4, 0.5) is 28.7 Å². The quantitative estimate of drug-likeness (QED) is 0.311. The third-order valence-electron chi connectivity index (χ3n) is 9.15. The molecule has 12 nitrogen and oxygen atoms in total. The van der Waals surface area contributed by atoms with Gasteiger partial charge in [0.25, 0.3) is 0 Å². The number of nitrogens with zero attached hydrogens (tertiary/aromatic N) is 6. The number of ether oxygens (including phenoxy) is 2. The summed E-state index contributed by atoms with van der Waals surface area (Å²) in [5.41, 5.74) is 3.34. The van der Waals surface area contributed by atoms with E-state index in [2.05, 4.69) is 55.0 Å². The average molecular weight is 629 g/mol. The van der Waals surface area contributed by atoms with Gasteiger partial charge < -0.3 is 29.9 Å². The molecule has 1 unspecified atom stereocenters. The first-order valence-electron chi connectivity index (χ1n) is 15.9. The van der Waals surface area contributed by atoms with Crippen molar-refractivity contribution in [3.05, 3.63) is 67.0 Å². The third kappa shape index (κ3) is 7.04. The number of hydroxylamine groups is 1. The lowest BCUT2D eigenvalue weighted by atomic mass is 10.0. The van der Waals surface area contributed by atoms with Crippen molar-refractivity contribution in [2.75, 3.05) is 87.7 Å². The first-order valence-corrected chi connectivity index (χ1v) is 15.9. The largest absolute Gasteiger partial charge is 0.497 e. The van der Waals surface area contributed by atoms with Crippen molar-refractivity contribution in [3.8, 4) is 11.5 Å². The van der Waals surface area contributed by atoms with Gasteiger partial charge in [0.05, 0.1) is 43.9 Å². The van der Waals surface area contributed by atoms with E-state index in [4.69, 9.17) is 14.3 Å². The Labute approximate surface area is 270 Å². The van der Waals surface area contributed by atoms with Crippen molar-refractivity contribution in [1.29, 1.82) is 0 Å². The molecule has 0 spiro atoms. The highest BCUT2D eigenvalue weighted by Crippen LogP contribution is 2.41. The summed E-state index contributed by atoms with van der Waals surface area (Å²) in [5, 5.41) is 8.24. The van der Waals surface area contributed by atoms with E-state index in [-0.39, 0.29) is 11.9 Å². The van der Waals surface area contributed by atoms with Crippen molar-refractivity contribution in [1.82, 2.24) is 19.8 Å². The Kier molecular flexibility index (Phi) is 9.86. The van der Waals surface area contributed by atoms with Gasteiger partial charge in [-0.05, 0) is 49.7 Å². The van der Waals surface area contributed by atoms with E-state index in [9.17, 15) is 4.79 Å². The number of anilines is 5. The van der Waals surface area contributed by atoms with Gasteiger partial charge in [-0.25, -0.2) is 15.0 Å². The number of rotatable bonds is 10. The van der Waals surface area contributed by atoms with Crippen LogP contribution in [0.15, 0.2) is 61.4 Å². The van der Waals surface area contributed by atoms with Crippen LogP contribution < -0.4 is 30.1 Å². The van der Waals surface area contributed by atoms with E-state index in [1.54, 1.807) is 14.2 Å². The van der Waals surface area contributed by atoms with Crippen LogP contribution >= 0.6 is 0 Å². The van der Waals surface area contributed by atoms with Crippen LogP contribution in [0.2, 0.25) is 0 Å². The van der Waals surface area contributed by atoms with Crippen LogP contribution in [0.3, 0.4) is 0 Å². The summed E-state index contributed by atoms with van der Waals surface area (Å²) < 4.78 is 11.3. The summed E-state index contributed by atoms with van der Waals surface area (Å²) in [6.45, 7) is 10.5. The van der Waals surface area contributed by atoms with Gasteiger partial charge in [0.2, 0.25) is 5.91 Å². The number of methoxy groups -OCH3 is 2. The highest BCUT2D eigenvalue weighted by atomic mass is 16.7. The van der Waals surface area contributed by atoms with Crippen LogP contribution in [0.25, 0.3) is 0 Å². The third-order valence-corrected chi connectivity index (χ3v) is 9.15. The Morgan fingerprint density at radius 3 is 2.52 bits per heavy atom. The Morgan fingerprint density at radius 2 is 1.78 bits per heavy atom. The molecule has 3 aromatic rings. The number of piperazine rings is 1. The van der Waals surface area contributed by atoms with Crippen molar-refractivity contribution in [2.24, 2.45) is 0 Å². The molecule has 0 saturated carbocycles. The molecule has 1 amide bonds. The van der Waals surface area contributed by atoms with Crippen LogP contribution in [-0.4, -0.2) is 98.9 Å². The van der Waals surface area contributed by atoms with Crippen molar-refractivity contribution < 1.29 is 19.1 Å². The predicted octanol–water partition coefficient (Wildman–Crippen LogP) is 4.46. The molecule has 0 bridgehead atoms. The first-order chi connectivity index (χ1) is 22.4. The maximum atomic E-state index is 12.5. The summed E-state index contributed by atoms with van der Waals surface area (Å²) >= 11 is 0. The fraction of sp³-hybridized carbons (Fsp3) is 0.441. The molecule has 3 saturated heterocycles. The van der Waals surface area contributed by atoms with E-state index in [0.717, 1.165) is 75.5 Å². The summed E-state index contributed by atoms with van der Waals surface area (Å²) in [6, 6.07) is 14.3. The number of hydrogen-bond acceptors (Lipinski definition) is 11. The number of benzene rings is 2. The van der Waals surface area contributed by atoms with Gasteiger partial charge in [0, 0.05) is 63.9 Å². The zero-order chi connectivity index (χ0) is 32.0. The molecule has 3 aliphatic heterocycles. The van der Waals surface area contributed by atoms with Crippen LogP contribution in [0.5, 0.6) is 11.5 Å². The molecule has 2 N–H and O–H groups in total. The second-order valence-electron chi connectivity index (χ2n) is 11.9. The number of carbonyl (C=O) groups is 1. The molecule has 46 heavy (non-hydrogen) atoms. The smallest absolute Gasteiger partial charge is 0.247 e. The second kappa shape index (κ2) is 14.4. The number of piperidine rings is 1. The molecule has 2 aromatic carbocycles. The predicted molar refractivity (Wildman–Crippen MR) is 180 cm³/mol. The molecule has 1 aromatic heterocycles. The molecule has 1 atom stereocenters. The van der Waals surface area contributed by atoms with Crippen LogP contribution in [-0.2, 0) is 9.63 Å². The maximum absolute atomic E-state index is 12.5. The van der Waals surface area contributed by atoms with Crippen LogP contribution in [0, 0.1) is 0 Å². The highest BCUT2D eigenvalue weighted by molar-refractivity contribution is 6.02. The maximum Gasteiger partial charge on any atom is 0.247 e. The minimum atomic E-state index is -0.274. The standard InChI is InChI=1S/C34H44N8O4/c1-5-34(43)38-27-20-28(31(45-4)21-30(27)41-12-9-25(10-13-41)40-16-14-39(2)15-17-40)37-32-22-33(36-23-35-32)42-29(11-18-46-42)24-7-6-8-26(19-24)44-3/h5-8,19-23,25,29H,1,9-18H2,2-4H3,(H,38,43)(H,35,36,37). The lowest BCUT2D eigenvalue weighted by Gasteiger charge is -2.43. The number of likely N-dealkylation sites (N-methyl/N-ethyl adjacent to an activating group) is 1. The van der Waals surface area contributed by atoms with Crippen molar-refractivity contribution in [2.45, 2.75) is 31.3 Å². The normalized spacial score (nSPS) is 19.6. The lowest BCUT2D eigenvalue weighted by molar-refractivity contribution is -0.111. The molecule has 0 aliphatic carbocycles. The van der Waals surface area contributed by atoms with Crippen molar-refractivity contribution in [3.63, 3.8) is 0 Å². The van der Waals surface area contributed by atoms with E-state index in [1.165, 1.54) is 12.4 Å². The molecule has 4 heterocycles. The van der Waals surface area contributed by atoms with Crippen LogP contribution in [0.1, 0.15) is 30.9 Å². The van der Waals surface area contributed by atoms with E-state index in [1.807, 2.05) is 41.5 Å². The van der Waals surface area contributed by atoms with E-state index >= 15 is 0 Å².